The topological polar surface area (TPSA) is 162 Å². The second-order valence-electron chi connectivity index (χ2n) is 9.75. The molecular weight excluding hydrogens is 489 g/mol. The molecule has 6 N–H and O–H groups in total. The number of carbonyl (C=O) groups is 2. The normalized spacial score (nSPS) is 13.5. The summed E-state index contributed by atoms with van der Waals surface area (Å²) in [6.07, 6.45) is 1.45. The molecule has 10 heteroatoms. The maximum absolute atomic E-state index is 14.0. The van der Waals surface area contributed by atoms with Gasteiger partial charge in [-0.3, -0.25) is 20.0 Å². The van der Waals surface area contributed by atoms with Crippen LogP contribution in [0.5, 0.6) is 0 Å². The molecule has 1 heterocycles. The summed E-state index contributed by atoms with van der Waals surface area (Å²) in [5.74, 6) is -1.89. The second kappa shape index (κ2) is 14.1. The molecule has 0 aliphatic heterocycles. The van der Waals surface area contributed by atoms with Gasteiger partial charge in [-0.15, -0.1) is 0 Å². The third-order valence-electron chi connectivity index (χ3n) is 5.81. The summed E-state index contributed by atoms with van der Waals surface area (Å²) in [6, 6.07) is 16.1. The molecule has 0 bridgehead atoms. The highest BCUT2D eigenvalue weighted by molar-refractivity contribution is 5.94. The largest absolute Gasteiger partial charge is 0.481 e. The molecule has 3 atom stereocenters. The van der Waals surface area contributed by atoms with Crippen molar-refractivity contribution in [3.8, 4) is 0 Å². The first kappa shape index (κ1) is 30.3. The standard InChI is InChI=1S/C26H32FN5O2.C2H4O2/c1-26(2,27)13-12-18(24(28)29)15-23(33)21(14-17-8-4-3-5-9-17)32-25(34)22-16-30-19-10-6-7-11-20(19)31-22;1-2(3)4/h3-11,16,18,21,23,33H,12-15H2,1-2H3,(H3,28,29)(H,32,34);1H3,(H,3,4). The highest BCUT2D eigenvalue weighted by atomic mass is 19.1. The Hall–Kier alpha value is -3.92. The minimum absolute atomic E-state index is 0.103. The predicted octanol–water partition coefficient (Wildman–Crippen LogP) is 3.89. The fourth-order valence-corrected chi connectivity index (χ4v) is 3.83. The number of amides is 1. The number of carboxylic acids is 1. The fourth-order valence-electron chi connectivity index (χ4n) is 3.83. The number of nitrogens with zero attached hydrogens (tertiary/aromatic N) is 2. The lowest BCUT2D eigenvalue weighted by Gasteiger charge is -2.28. The lowest BCUT2D eigenvalue weighted by atomic mass is 9.87. The third kappa shape index (κ3) is 10.6. The molecule has 2 aromatic carbocycles. The molecule has 38 heavy (non-hydrogen) atoms. The van der Waals surface area contributed by atoms with Crippen LogP contribution >= 0.6 is 0 Å². The molecule has 0 aliphatic rings. The van der Waals surface area contributed by atoms with Gasteiger partial charge in [0.1, 0.15) is 11.4 Å². The van der Waals surface area contributed by atoms with Crippen molar-refractivity contribution in [2.45, 2.75) is 64.3 Å². The third-order valence-corrected chi connectivity index (χ3v) is 5.81. The van der Waals surface area contributed by atoms with Gasteiger partial charge in [-0.05, 0) is 57.2 Å². The maximum atomic E-state index is 14.0. The zero-order valence-electron chi connectivity index (χ0n) is 21.9. The van der Waals surface area contributed by atoms with Crippen LogP contribution in [-0.4, -0.2) is 55.7 Å². The number of hydrogen-bond donors (Lipinski definition) is 5. The van der Waals surface area contributed by atoms with Gasteiger partial charge >= 0.3 is 0 Å². The number of para-hydroxylation sites is 2. The lowest BCUT2D eigenvalue weighted by Crippen LogP contribution is -2.46. The van der Waals surface area contributed by atoms with Crippen molar-refractivity contribution >= 4 is 28.7 Å². The molecule has 1 aromatic heterocycles. The summed E-state index contributed by atoms with van der Waals surface area (Å²) >= 11 is 0. The van der Waals surface area contributed by atoms with Gasteiger partial charge in [0.15, 0.2) is 0 Å². The Kier molecular flexibility index (Phi) is 11.3. The van der Waals surface area contributed by atoms with E-state index in [4.69, 9.17) is 21.0 Å². The summed E-state index contributed by atoms with van der Waals surface area (Å²) < 4.78 is 14.0. The van der Waals surface area contributed by atoms with Crippen LogP contribution in [0.2, 0.25) is 0 Å². The van der Waals surface area contributed by atoms with Crippen molar-refractivity contribution in [1.29, 1.82) is 5.41 Å². The molecule has 3 unspecified atom stereocenters. The van der Waals surface area contributed by atoms with Crippen LogP contribution in [-0.2, 0) is 11.2 Å². The van der Waals surface area contributed by atoms with E-state index in [0.717, 1.165) is 12.5 Å². The molecule has 0 aliphatic carbocycles. The number of amidine groups is 1. The van der Waals surface area contributed by atoms with Crippen LogP contribution in [0.1, 0.15) is 56.1 Å². The smallest absolute Gasteiger partial charge is 0.300 e. The number of benzene rings is 2. The van der Waals surface area contributed by atoms with Gasteiger partial charge < -0.3 is 21.3 Å². The fraction of sp³-hybridized carbons (Fsp3) is 0.393. The van der Waals surface area contributed by atoms with Crippen LogP contribution in [0.3, 0.4) is 0 Å². The lowest BCUT2D eigenvalue weighted by molar-refractivity contribution is -0.134. The Bertz CT molecular complexity index is 1210. The minimum atomic E-state index is -1.40. The Morgan fingerprint density at radius 3 is 2.26 bits per heavy atom. The number of aliphatic hydroxyl groups is 1. The number of nitrogens with two attached hydrogens (primary N) is 1. The summed E-state index contributed by atoms with van der Waals surface area (Å²) in [5.41, 5.74) is 6.71. The quantitative estimate of drug-likeness (QED) is 0.187. The molecule has 204 valence electrons. The summed E-state index contributed by atoms with van der Waals surface area (Å²) in [6.45, 7) is 4.04. The number of fused-ring (bicyclic) bond motifs is 1. The summed E-state index contributed by atoms with van der Waals surface area (Å²) in [7, 11) is 0. The molecule has 0 spiro atoms. The number of aliphatic carboxylic acids is 1. The van der Waals surface area contributed by atoms with Gasteiger partial charge in [-0.25, -0.2) is 9.37 Å². The Morgan fingerprint density at radius 2 is 1.68 bits per heavy atom. The number of alkyl halides is 1. The van der Waals surface area contributed by atoms with Crippen molar-refractivity contribution in [3.63, 3.8) is 0 Å². The van der Waals surface area contributed by atoms with Crippen molar-refractivity contribution < 1.29 is 24.2 Å². The van der Waals surface area contributed by atoms with E-state index >= 15 is 0 Å². The van der Waals surface area contributed by atoms with Crippen molar-refractivity contribution in [2.75, 3.05) is 0 Å². The van der Waals surface area contributed by atoms with E-state index in [1.54, 1.807) is 6.07 Å². The van der Waals surface area contributed by atoms with Crippen LogP contribution in [0.15, 0.2) is 60.8 Å². The van der Waals surface area contributed by atoms with E-state index in [1.165, 1.54) is 20.0 Å². The van der Waals surface area contributed by atoms with Crippen molar-refractivity contribution in [1.82, 2.24) is 15.3 Å². The van der Waals surface area contributed by atoms with E-state index in [9.17, 15) is 14.3 Å². The zero-order chi connectivity index (χ0) is 28.3. The molecule has 9 nitrogen and oxygen atoms in total. The Balaban J connectivity index is 0.00000118. The number of rotatable bonds is 11. The van der Waals surface area contributed by atoms with E-state index in [2.05, 4.69) is 15.3 Å². The molecule has 0 fully saturated rings. The Labute approximate surface area is 221 Å². The highest BCUT2D eigenvalue weighted by Gasteiger charge is 2.28. The second-order valence-corrected chi connectivity index (χ2v) is 9.75. The maximum Gasteiger partial charge on any atom is 0.300 e. The van der Waals surface area contributed by atoms with Crippen molar-refractivity contribution in [2.24, 2.45) is 11.7 Å². The van der Waals surface area contributed by atoms with Gasteiger partial charge in [-0.2, -0.15) is 0 Å². The molecule has 3 rings (SSSR count). The van der Waals surface area contributed by atoms with Crippen LogP contribution < -0.4 is 11.1 Å². The predicted molar refractivity (Wildman–Crippen MR) is 145 cm³/mol. The molecule has 1 amide bonds. The molecule has 0 radical (unpaired) electrons. The first-order chi connectivity index (χ1) is 17.9. The minimum Gasteiger partial charge on any atom is -0.481 e. The molecule has 0 saturated heterocycles. The molecular formula is C28H36FN5O4. The number of nitrogens with one attached hydrogen (secondary N) is 2. The van der Waals surface area contributed by atoms with E-state index in [-0.39, 0.29) is 24.4 Å². The average Bonchev–Trinajstić information content (AvgIpc) is 2.85. The van der Waals surface area contributed by atoms with E-state index in [1.807, 2.05) is 48.5 Å². The summed E-state index contributed by atoms with van der Waals surface area (Å²) in [4.78, 5) is 30.7. The monoisotopic (exact) mass is 525 g/mol. The highest BCUT2D eigenvalue weighted by Crippen LogP contribution is 2.24. The SMILES string of the molecule is CC(=O)O.CC(C)(F)CCC(CC(O)C(Cc1ccccc1)NC(=O)c1cnc2ccccc2n1)C(=N)N. The number of carboxylic acid groups (broad SMARTS) is 1. The van der Waals surface area contributed by atoms with Gasteiger partial charge in [0, 0.05) is 12.8 Å². The molecule has 3 aromatic rings. The average molecular weight is 526 g/mol. The number of carbonyl (C=O) groups excluding carboxylic acids is 1. The number of aromatic nitrogens is 2. The summed E-state index contributed by atoms with van der Waals surface area (Å²) in [5, 5.41) is 29.3. The Morgan fingerprint density at radius 1 is 1.11 bits per heavy atom. The first-order valence-corrected chi connectivity index (χ1v) is 12.3. The van der Waals surface area contributed by atoms with Gasteiger partial charge in [-0.1, -0.05) is 42.5 Å². The number of halogens is 1. The van der Waals surface area contributed by atoms with E-state index < -0.39 is 35.6 Å². The zero-order valence-corrected chi connectivity index (χ0v) is 21.9. The van der Waals surface area contributed by atoms with Crippen molar-refractivity contribution in [3.05, 3.63) is 72.1 Å². The van der Waals surface area contributed by atoms with Gasteiger partial charge in [0.05, 0.1) is 35.2 Å². The van der Waals surface area contributed by atoms with Gasteiger partial charge in [0.25, 0.3) is 11.9 Å². The molecule has 0 saturated carbocycles. The van der Waals surface area contributed by atoms with E-state index in [0.29, 0.717) is 23.9 Å². The van der Waals surface area contributed by atoms with Gasteiger partial charge in [0.2, 0.25) is 0 Å². The van der Waals surface area contributed by atoms with Crippen LogP contribution in [0.25, 0.3) is 11.0 Å². The van der Waals surface area contributed by atoms with Crippen LogP contribution in [0.4, 0.5) is 4.39 Å². The van der Waals surface area contributed by atoms with Crippen LogP contribution in [0, 0.1) is 11.3 Å². The first-order valence-electron chi connectivity index (χ1n) is 12.3. The number of aliphatic hydroxyl groups excluding tert-OH is 1. The number of hydrogen-bond acceptors (Lipinski definition) is 6.